The first kappa shape index (κ1) is 23.1. The van der Waals surface area contributed by atoms with Gasteiger partial charge in [0.2, 0.25) is 10.0 Å². The Morgan fingerprint density at radius 2 is 1.33 bits per heavy atom. The van der Waals surface area contributed by atoms with E-state index in [1.165, 1.54) is 10.6 Å². The Morgan fingerprint density at radius 3 is 1.88 bits per heavy atom. The molecule has 33 heavy (non-hydrogen) atoms. The van der Waals surface area contributed by atoms with Gasteiger partial charge in [0.15, 0.2) is 0 Å². The van der Waals surface area contributed by atoms with Crippen molar-refractivity contribution in [3.63, 3.8) is 0 Å². The summed E-state index contributed by atoms with van der Waals surface area (Å²) >= 11 is 0. The molecule has 2 fully saturated rings. The number of nitrogens with zero attached hydrogens (tertiary/aromatic N) is 5. The maximum atomic E-state index is 11.8. The number of anilines is 3. The molecule has 4 rings (SSSR count). The average molecular weight is 476 g/mol. The Kier molecular flexibility index (Phi) is 6.61. The smallest absolute Gasteiger partial charge is 0.292 e. The van der Waals surface area contributed by atoms with Gasteiger partial charge < -0.3 is 19.4 Å². The van der Waals surface area contributed by atoms with Crippen LogP contribution >= 0.6 is 0 Å². The molecule has 0 bridgehead atoms. The zero-order valence-electron chi connectivity index (χ0n) is 18.9. The summed E-state index contributed by atoms with van der Waals surface area (Å²) in [5.74, 6) is 0.808. The Labute approximate surface area is 194 Å². The molecular weight excluding hydrogens is 446 g/mol. The lowest BCUT2D eigenvalue weighted by molar-refractivity contribution is -0.384. The van der Waals surface area contributed by atoms with Crippen molar-refractivity contribution in [3.05, 3.63) is 52.6 Å². The van der Waals surface area contributed by atoms with E-state index in [2.05, 4.69) is 14.7 Å². The summed E-state index contributed by atoms with van der Waals surface area (Å²) in [6, 6.07) is 13.1. The van der Waals surface area contributed by atoms with Crippen molar-refractivity contribution < 1.29 is 18.1 Å². The fourth-order valence-corrected chi connectivity index (χ4v) is 5.22. The molecule has 10 nitrogen and oxygen atoms in total. The summed E-state index contributed by atoms with van der Waals surface area (Å²) in [6.45, 7) is 4.75. The summed E-state index contributed by atoms with van der Waals surface area (Å²) in [6.07, 6.45) is 1.22. The molecule has 0 saturated carbocycles. The first-order valence-corrected chi connectivity index (χ1v) is 12.7. The number of benzene rings is 2. The van der Waals surface area contributed by atoms with Gasteiger partial charge in [0.25, 0.3) is 5.69 Å². The van der Waals surface area contributed by atoms with Crippen molar-refractivity contribution >= 4 is 32.8 Å². The number of piperazine rings is 2. The quantitative estimate of drug-likeness (QED) is 0.462. The van der Waals surface area contributed by atoms with Crippen molar-refractivity contribution in [1.29, 1.82) is 0 Å². The summed E-state index contributed by atoms with van der Waals surface area (Å²) in [5.41, 5.74) is 2.67. The van der Waals surface area contributed by atoms with E-state index in [0.717, 1.165) is 30.2 Å². The van der Waals surface area contributed by atoms with Crippen molar-refractivity contribution in [3.8, 4) is 5.75 Å². The fraction of sp³-hybridized carbons (Fsp3) is 0.455. The van der Waals surface area contributed by atoms with Crippen LogP contribution in [0.1, 0.15) is 0 Å². The van der Waals surface area contributed by atoms with Gasteiger partial charge in [-0.05, 0) is 36.4 Å². The van der Waals surface area contributed by atoms with Crippen molar-refractivity contribution in [2.75, 3.05) is 80.4 Å². The lowest BCUT2D eigenvalue weighted by Crippen LogP contribution is -2.48. The van der Waals surface area contributed by atoms with Crippen LogP contribution in [0.4, 0.5) is 22.7 Å². The highest BCUT2D eigenvalue weighted by molar-refractivity contribution is 7.88. The van der Waals surface area contributed by atoms with Gasteiger partial charge in [-0.15, -0.1) is 0 Å². The van der Waals surface area contributed by atoms with Gasteiger partial charge in [0.1, 0.15) is 11.4 Å². The van der Waals surface area contributed by atoms with E-state index in [9.17, 15) is 18.5 Å². The van der Waals surface area contributed by atoms with Crippen LogP contribution < -0.4 is 19.4 Å². The number of rotatable bonds is 6. The number of methoxy groups -OCH3 is 1. The number of nitro groups is 1. The van der Waals surface area contributed by atoms with E-state index >= 15 is 0 Å². The van der Waals surface area contributed by atoms with Crippen molar-refractivity contribution in [2.24, 2.45) is 0 Å². The lowest BCUT2D eigenvalue weighted by atomic mass is 10.1. The van der Waals surface area contributed by atoms with Crippen LogP contribution in [-0.2, 0) is 10.0 Å². The second-order valence-corrected chi connectivity index (χ2v) is 10.2. The summed E-state index contributed by atoms with van der Waals surface area (Å²) < 4.78 is 30.3. The van der Waals surface area contributed by atoms with Crippen LogP contribution in [0, 0.1) is 10.1 Å². The van der Waals surface area contributed by atoms with E-state index in [-0.39, 0.29) is 10.6 Å². The van der Waals surface area contributed by atoms with E-state index in [4.69, 9.17) is 4.74 Å². The second-order valence-electron chi connectivity index (χ2n) is 8.25. The molecule has 2 heterocycles. The molecule has 11 heteroatoms. The van der Waals surface area contributed by atoms with Crippen LogP contribution in [0.3, 0.4) is 0 Å². The molecule has 0 radical (unpaired) electrons. The molecule has 2 aliphatic heterocycles. The summed E-state index contributed by atoms with van der Waals surface area (Å²) in [4.78, 5) is 17.8. The van der Waals surface area contributed by atoms with Gasteiger partial charge >= 0.3 is 0 Å². The number of nitro benzene ring substituents is 1. The fourth-order valence-electron chi connectivity index (χ4n) is 4.39. The number of hydrogen-bond acceptors (Lipinski definition) is 8. The standard InChI is InChI=1S/C22H29N5O5S/c1-32-20-6-3-18(4-7-20)23-9-11-25(12-10-23)22-17-19(5-8-21(22)27(28)29)24-13-15-26(16-14-24)33(2,30)31/h3-8,17H,9-16H2,1-2H3. The molecule has 2 aliphatic rings. The van der Waals surface area contributed by atoms with Crippen LogP contribution in [0.15, 0.2) is 42.5 Å². The van der Waals surface area contributed by atoms with Crippen molar-refractivity contribution in [2.45, 2.75) is 0 Å². The minimum atomic E-state index is -3.21. The minimum absolute atomic E-state index is 0.0893. The largest absolute Gasteiger partial charge is 0.497 e. The van der Waals surface area contributed by atoms with Crippen LogP contribution in [-0.4, -0.2) is 83.4 Å². The predicted octanol–water partition coefficient (Wildman–Crippen LogP) is 2.01. The molecule has 0 aromatic heterocycles. The third-order valence-electron chi connectivity index (χ3n) is 6.29. The zero-order chi connectivity index (χ0) is 23.6. The molecule has 178 valence electrons. The minimum Gasteiger partial charge on any atom is -0.497 e. The topological polar surface area (TPSA) is 99.5 Å². The third-order valence-corrected chi connectivity index (χ3v) is 7.59. The Morgan fingerprint density at radius 1 is 0.818 bits per heavy atom. The molecule has 0 amide bonds. The molecule has 2 saturated heterocycles. The molecule has 0 N–H and O–H groups in total. The summed E-state index contributed by atoms with van der Waals surface area (Å²) in [7, 11) is -1.57. The lowest BCUT2D eigenvalue weighted by Gasteiger charge is -2.38. The molecule has 0 spiro atoms. The predicted molar refractivity (Wildman–Crippen MR) is 129 cm³/mol. The maximum Gasteiger partial charge on any atom is 0.292 e. The average Bonchev–Trinajstić information content (AvgIpc) is 2.83. The Balaban J connectivity index is 1.48. The van der Waals surface area contributed by atoms with Crippen molar-refractivity contribution in [1.82, 2.24) is 4.31 Å². The van der Waals surface area contributed by atoms with Gasteiger partial charge in [0, 0.05) is 69.8 Å². The van der Waals surface area contributed by atoms with E-state index in [0.29, 0.717) is 45.0 Å². The van der Waals surface area contributed by atoms with Gasteiger partial charge in [-0.3, -0.25) is 10.1 Å². The number of hydrogen-bond donors (Lipinski definition) is 0. The number of ether oxygens (including phenoxy) is 1. The monoisotopic (exact) mass is 475 g/mol. The second kappa shape index (κ2) is 9.44. The maximum absolute atomic E-state index is 11.8. The molecule has 0 aliphatic carbocycles. The molecule has 0 unspecified atom stereocenters. The SMILES string of the molecule is COc1ccc(N2CCN(c3cc(N4CCN(S(C)(=O)=O)CC4)ccc3[N+](=O)[O-])CC2)cc1. The highest BCUT2D eigenvalue weighted by Gasteiger charge is 2.27. The van der Waals surface area contributed by atoms with Crippen LogP contribution in [0.2, 0.25) is 0 Å². The first-order chi connectivity index (χ1) is 15.8. The number of sulfonamides is 1. The van der Waals surface area contributed by atoms with Gasteiger partial charge in [-0.2, -0.15) is 4.31 Å². The highest BCUT2D eigenvalue weighted by Crippen LogP contribution is 2.34. The van der Waals surface area contributed by atoms with Gasteiger partial charge in [0.05, 0.1) is 18.3 Å². The normalized spacial score (nSPS) is 17.8. The van der Waals surface area contributed by atoms with Gasteiger partial charge in [-0.1, -0.05) is 0 Å². The van der Waals surface area contributed by atoms with Gasteiger partial charge in [-0.25, -0.2) is 8.42 Å². The molecule has 2 aromatic carbocycles. The molecule has 2 aromatic rings. The Hall–Kier alpha value is -3.05. The molecule has 0 atom stereocenters. The first-order valence-electron chi connectivity index (χ1n) is 10.9. The van der Waals surface area contributed by atoms with Crippen LogP contribution in [0.25, 0.3) is 0 Å². The summed E-state index contributed by atoms with van der Waals surface area (Å²) in [5, 5.41) is 11.7. The Bertz CT molecular complexity index is 1090. The van der Waals surface area contributed by atoms with E-state index < -0.39 is 10.0 Å². The van der Waals surface area contributed by atoms with Crippen LogP contribution in [0.5, 0.6) is 5.75 Å². The van der Waals surface area contributed by atoms with E-state index in [1.807, 2.05) is 30.3 Å². The highest BCUT2D eigenvalue weighted by atomic mass is 32.2. The zero-order valence-corrected chi connectivity index (χ0v) is 19.7. The third kappa shape index (κ3) is 5.14. The molecular formula is C22H29N5O5S. The van der Waals surface area contributed by atoms with E-state index in [1.54, 1.807) is 19.2 Å².